The first-order valence-corrected chi connectivity index (χ1v) is 4.73. The Kier molecular flexibility index (Phi) is 4.59. The van der Waals surface area contributed by atoms with Crippen molar-refractivity contribution in [1.82, 2.24) is 0 Å². The Hall–Kier alpha value is -1.59. The summed E-state index contributed by atoms with van der Waals surface area (Å²) in [4.78, 5) is 0. The van der Waals surface area contributed by atoms with E-state index in [9.17, 15) is 0 Å². The lowest BCUT2D eigenvalue weighted by molar-refractivity contribution is 0.394. The number of hydrogen-bond donors (Lipinski definition) is 0. The van der Waals surface area contributed by atoms with Crippen molar-refractivity contribution in [2.45, 2.75) is 0 Å². The van der Waals surface area contributed by atoms with Crippen LogP contribution in [0, 0.1) is 11.8 Å². The molecule has 78 valence electrons. The summed E-state index contributed by atoms with van der Waals surface area (Å²) >= 11 is 5.35. The van der Waals surface area contributed by atoms with E-state index in [1.54, 1.807) is 26.4 Å². The predicted octanol–water partition coefficient (Wildman–Crippen LogP) is 2.81. The monoisotopic (exact) mass is 222 g/mol. The highest BCUT2D eigenvalue weighted by molar-refractivity contribution is 6.25. The van der Waals surface area contributed by atoms with Crippen molar-refractivity contribution in [3.63, 3.8) is 0 Å². The number of methoxy groups -OCH3 is 2. The molecule has 0 heterocycles. The maximum Gasteiger partial charge on any atom is 0.123 e. The van der Waals surface area contributed by atoms with Gasteiger partial charge in [0.25, 0.3) is 0 Å². The van der Waals surface area contributed by atoms with E-state index in [2.05, 4.69) is 11.8 Å². The lowest BCUT2D eigenvalue weighted by Crippen LogP contribution is -1.88. The first kappa shape index (κ1) is 11.5. The zero-order chi connectivity index (χ0) is 11.1. The zero-order valence-corrected chi connectivity index (χ0v) is 9.34. The molecule has 0 N–H and O–H groups in total. The third-order valence-corrected chi connectivity index (χ3v) is 1.84. The van der Waals surface area contributed by atoms with Crippen LogP contribution in [0.5, 0.6) is 11.5 Å². The van der Waals surface area contributed by atoms with Crippen molar-refractivity contribution >= 4 is 11.6 Å². The summed E-state index contributed by atoms with van der Waals surface area (Å²) in [6.07, 6.45) is 1.56. The van der Waals surface area contributed by atoms with Gasteiger partial charge in [0.15, 0.2) is 0 Å². The summed E-state index contributed by atoms with van der Waals surface area (Å²) in [5.74, 6) is 7.13. The molecule has 1 rings (SSSR count). The molecule has 0 atom stereocenters. The van der Waals surface area contributed by atoms with Crippen LogP contribution >= 0.6 is 11.6 Å². The molecule has 0 aromatic heterocycles. The van der Waals surface area contributed by atoms with Gasteiger partial charge in [-0.05, 0) is 18.2 Å². The zero-order valence-electron chi connectivity index (χ0n) is 8.58. The lowest BCUT2D eigenvalue weighted by atomic mass is 10.2. The summed E-state index contributed by atoms with van der Waals surface area (Å²) in [6.45, 7) is 0. The number of hydrogen-bond acceptors (Lipinski definition) is 2. The van der Waals surface area contributed by atoms with E-state index >= 15 is 0 Å². The van der Waals surface area contributed by atoms with Gasteiger partial charge in [0.2, 0.25) is 0 Å². The second-order valence-corrected chi connectivity index (χ2v) is 2.92. The number of ether oxygens (including phenoxy) is 2. The highest BCUT2D eigenvalue weighted by atomic mass is 35.5. The Balaban J connectivity index is 3.03. The Bertz CT molecular complexity index is 391. The van der Waals surface area contributed by atoms with Gasteiger partial charge in [-0.2, -0.15) is 0 Å². The predicted molar refractivity (Wildman–Crippen MR) is 61.4 cm³/mol. The largest absolute Gasteiger partial charge is 0.497 e. The van der Waals surface area contributed by atoms with Crippen molar-refractivity contribution in [2.24, 2.45) is 0 Å². The van der Waals surface area contributed by atoms with Gasteiger partial charge in [-0.15, -0.1) is 0 Å². The first-order chi connectivity index (χ1) is 7.30. The van der Waals surface area contributed by atoms with Gasteiger partial charge in [0.05, 0.1) is 14.2 Å². The smallest absolute Gasteiger partial charge is 0.123 e. The van der Waals surface area contributed by atoms with Crippen LogP contribution in [-0.4, -0.2) is 14.2 Å². The van der Waals surface area contributed by atoms with Crippen molar-refractivity contribution in [3.8, 4) is 23.3 Å². The Morgan fingerprint density at radius 2 is 1.73 bits per heavy atom. The molecule has 0 saturated carbocycles. The van der Waals surface area contributed by atoms with Crippen molar-refractivity contribution in [2.75, 3.05) is 14.2 Å². The van der Waals surface area contributed by atoms with Crippen LogP contribution in [0.3, 0.4) is 0 Å². The molecule has 0 spiro atoms. The van der Waals surface area contributed by atoms with E-state index < -0.39 is 0 Å². The molecule has 0 amide bonds. The maximum atomic E-state index is 5.35. The lowest BCUT2D eigenvalue weighted by Gasteiger charge is -2.04. The van der Waals surface area contributed by atoms with Crippen LogP contribution in [0.15, 0.2) is 29.8 Å². The van der Waals surface area contributed by atoms with Gasteiger partial charge < -0.3 is 9.47 Å². The molecule has 0 aliphatic rings. The van der Waals surface area contributed by atoms with Crippen LogP contribution < -0.4 is 9.47 Å². The van der Waals surface area contributed by atoms with Crippen molar-refractivity contribution in [3.05, 3.63) is 35.4 Å². The molecular formula is C12H11ClO2. The minimum atomic E-state index is 0.716. The molecule has 2 nitrogen and oxygen atoms in total. The third kappa shape index (κ3) is 3.57. The van der Waals surface area contributed by atoms with E-state index in [0.717, 1.165) is 5.56 Å². The molecule has 0 aliphatic heterocycles. The van der Waals surface area contributed by atoms with Crippen molar-refractivity contribution in [1.29, 1.82) is 0 Å². The fraction of sp³-hybridized carbons (Fsp3) is 0.167. The summed E-state index contributed by atoms with van der Waals surface area (Å²) in [6, 6.07) is 5.46. The van der Waals surface area contributed by atoms with Crippen LogP contribution in [0.2, 0.25) is 0 Å². The number of benzene rings is 1. The van der Waals surface area contributed by atoms with Gasteiger partial charge in [0, 0.05) is 17.2 Å². The summed E-state index contributed by atoms with van der Waals surface area (Å²) in [5.41, 5.74) is 2.19. The molecule has 0 bridgehead atoms. The van der Waals surface area contributed by atoms with Gasteiger partial charge in [-0.25, -0.2) is 0 Å². The van der Waals surface area contributed by atoms with Gasteiger partial charge in [-0.3, -0.25) is 0 Å². The van der Waals surface area contributed by atoms with Gasteiger partial charge in [0.1, 0.15) is 11.5 Å². The fourth-order valence-electron chi connectivity index (χ4n) is 1.04. The highest BCUT2D eigenvalue weighted by Crippen LogP contribution is 2.21. The second kappa shape index (κ2) is 6.00. The van der Waals surface area contributed by atoms with E-state index in [-0.39, 0.29) is 0 Å². The van der Waals surface area contributed by atoms with E-state index in [0.29, 0.717) is 11.5 Å². The van der Waals surface area contributed by atoms with Crippen LogP contribution in [0.1, 0.15) is 5.56 Å². The average molecular weight is 223 g/mol. The molecule has 0 radical (unpaired) electrons. The molecular weight excluding hydrogens is 212 g/mol. The topological polar surface area (TPSA) is 18.5 Å². The molecule has 3 heteroatoms. The van der Waals surface area contributed by atoms with E-state index in [1.807, 2.05) is 12.1 Å². The summed E-state index contributed by atoms with van der Waals surface area (Å²) in [5, 5.41) is 0. The standard InChI is InChI=1S/C12H11ClO2/c1-14-11-7-10(5-3-4-6-13)8-12(9-11)15-2/h4,6-9H,1-2H3/b6-4-. The summed E-state index contributed by atoms with van der Waals surface area (Å²) < 4.78 is 10.2. The molecule has 0 saturated heterocycles. The molecule has 0 fully saturated rings. The van der Waals surface area contributed by atoms with Crippen LogP contribution in [0.4, 0.5) is 0 Å². The Morgan fingerprint density at radius 3 is 2.20 bits per heavy atom. The molecule has 1 aromatic carbocycles. The normalized spacial score (nSPS) is 9.53. The molecule has 15 heavy (non-hydrogen) atoms. The van der Waals surface area contributed by atoms with E-state index in [4.69, 9.17) is 21.1 Å². The van der Waals surface area contributed by atoms with Gasteiger partial charge in [-0.1, -0.05) is 23.4 Å². The maximum absolute atomic E-state index is 5.35. The molecule has 0 unspecified atom stereocenters. The highest BCUT2D eigenvalue weighted by Gasteiger charge is 1.98. The first-order valence-electron chi connectivity index (χ1n) is 4.30. The van der Waals surface area contributed by atoms with Crippen molar-refractivity contribution < 1.29 is 9.47 Å². The average Bonchev–Trinajstić information content (AvgIpc) is 2.29. The second-order valence-electron chi connectivity index (χ2n) is 2.66. The number of halogens is 1. The Labute approximate surface area is 94.5 Å². The third-order valence-electron chi connectivity index (χ3n) is 1.71. The SMILES string of the molecule is COc1cc(C#C/C=C\Cl)cc(OC)c1. The quantitative estimate of drug-likeness (QED) is 0.717. The van der Waals surface area contributed by atoms with E-state index in [1.165, 1.54) is 5.54 Å². The minimum Gasteiger partial charge on any atom is -0.497 e. The van der Waals surface area contributed by atoms with Gasteiger partial charge >= 0.3 is 0 Å². The number of allylic oxidation sites excluding steroid dienone is 1. The molecule has 0 aliphatic carbocycles. The minimum absolute atomic E-state index is 0.716. The number of rotatable bonds is 2. The Morgan fingerprint density at radius 1 is 1.13 bits per heavy atom. The van der Waals surface area contributed by atoms with Crippen LogP contribution in [-0.2, 0) is 0 Å². The fourth-order valence-corrected chi connectivity index (χ4v) is 1.10. The summed E-state index contributed by atoms with van der Waals surface area (Å²) in [7, 11) is 3.20. The van der Waals surface area contributed by atoms with Crippen LogP contribution in [0.25, 0.3) is 0 Å². The molecule has 1 aromatic rings.